The number of carbonyl (C=O) groups is 1. The van der Waals surface area contributed by atoms with E-state index in [1.54, 1.807) is 30.7 Å². The lowest BCUT2D eigenvalue weighted by Crippen LogP contribution is -2.04. The van der Waals surface area contributed by atoms with Crippen molar-refractivity contribution in [3.63, 3.8) is 0 Å². The highest BCUT2D eigenvalue weighted by Gasteiger charge is 2.08. The molecule has 0 aliphatic heterocycles. The van der Waals surface area contributed by atoms with Crippen LogP contribution < -0.4 is 0 Å². The van der Waals surface area contributed by atoms with Crippen LogP contribution in [0.15, 0.2) is 36.9 Å². The minimum absolute atomic E-state index is 0.0391. The molecule has 0 radical (unpaired) electrons. The maximum atomic E-state index is 11.9. The lowest BCUT2D eigenvalue weighted by Gasteiger charge is -2.03. The summed E-state index contributed by atoms with van der Waals surface area (Å²) < 4.78 is 1.86. The van der Waals surface area contributed by atoms with Gasteiger partial charge < -0.3 is 4.57 Å². The van der Waals surface area contributed by atoms with Gasteiger partial charge in [-0.15, -0.1) is 0 Å². The van der Waals surface area contributed by atoms with Crippen LogP contribution >= 0.6 is 23.2 Å². The van der Waals surface area contributed by atoms with E-state index in [0.29, 0.717) is 28.6 Å². The predicted molar refractivity (Wildman–Crippen MR) is 67.6 cm³/mol. The molecule has 0 atom stereocenters. The topological polar surface area (TPSA) is 34.9 Å². The molecular weight excluding hydrogens is 259 g/mol. The van der Waals surface area contributed by atoms with Crippen LogP contribution in [0.5, 0.6) is 0 Å². The van der Waals surface area contributed by atoms with Crippen molar-refractivity contribution in [3.05, 3.63) is 52.5 Å². The fourth-order valence-corrected chi connectivity index (χ4v) is 1.76. The van der Waals surface area contributed by atoms with Gasteiger partial charge in [-0.2, -0.15) is 0 Å². The molecule has 0 amide bonds. The van der Waals surface area contributed by atoms with Crippen molar-refractivity contribution in [2.45, 2.75) is 13.0 Å². The molecule has 2 aromatic rings. The van der Waals surface area contributed by atoms with Crippen LogP contribution in [-0.2, 0) is 6.54 Å². The number of aromatic nitrogens is 2. The molecule has 0 aliphatic carbocycles. The van der Waals surface area contributed by atoms with Crippen LogP contribution in [0, 0.1) is 0 Å². The second-order valence-electron chi connectivity index (χ2n) is 3.60. The number of nitrogens with zero attached hydrogens (tertiary/aromatic N) is 2. The maximum Gasteiger partial charge on any atom is 0.164 e. The van der Waals surface area contributed by atoms with Gasteiger partial charge in [0.05, 0.1) is 16.4 Å². The first-order valence-corrected chi connectivity index (χ1v) is 5.86. The van der Waals surface area contributed by atoms with Crippen molar-refractivity contribution in [3.8, 4) is 0 Å². The molecule has 0 saturated heterocycles. The summed E-state index contributed by atoms with van der Waals surface area (Å²) in [4.78, 5) is 15.8. The molecule has 3 nitrogen and oxygen atoms in total. The summed E-state index contributed by atoms with van der Waals surface area (Å²) in [5.74, 6) is 0.0391. The first-order valence-electron chi connectivity index (χ1n) is 5.11. The Kier molecular flexibility index (Phi) is 3.82. The number of benzene rings is 1. The van der Waals surface area contributed by atoms with E-state index in [2.05, 4.69) is 4.98 Å². The first kappa shape index (κ1) is 12.1. The molecule has 1 heterocycles. The summed E-state index contributed by atoms with van der Waals surface area (Å²) in [6.07, 6.45) is 5.60. The number of Topliss-reactive ketones (excluding diaryl/α,β-unsaturated/α-hetero) is 1. The van der Waals surface area contributed by atoms with Crippen LogP contribution in [-0.4, -0.2) is 15.3 Å². The smallest absolute Gasteiger partial charge is 0.164 e. The van der Waals surface area contributed by atoms with Gasteiger partial charge >= 0.3 is 0 Å². The van der Waals surface area contributed by atoms with Gasteiger partial charge in [-0.1, -0.05) is 23.2 Å². The van der Waals surface area contributed by atoms with E-state index < -0.39 is 0 Å². The van der Waals surface area contributed by atoms with E-state index in [1.807, 2.05) is 10.8 Å². The molecule has 2 rings (SSSR count). The van der Waals surface area contributed by atoms with E-state index in [1.165, 1.54) is 0 Å². The van der Waals surface area contributed by atoms with E-state index in [-0.39, 0.29) is 5.78 Å². The fraction of sp³-hybridized carbons (Fsp3) is 0.167. The van der Waals surface area contributed by atoms with E-state index in [4.69, 9.17) is 23.2 Å². The number of aryl methyl sites for hydroxylation is 1. The molecule has 1 aromatic carbocycles. The summed E-state index contributed by atoms with van der Waals surface area (Å²) in [6.45, 7) is 0.610. The zero-order chi connectivity index (χ0) is 12.3. The second kappa shape index (κ2) is 5.34. The monoisotopic (exact) mass is 268 g/mol. The molecule has 0 spiro atoms. The Hall–Kier alpha value is -1.32. The maximum absolute atomic E-state index is 11.9. The number of carbonyl (C=O) groups excluding carboxylic acids is 1. The molecule has 17 heavy (non-hydrogen) atoms. The Morgan fingerprint density at radius 1 is 1.29 bits per heavy atom. The molecular formula is C12H10Cl2N2O. The standard InChI is InChI=1S/C12H10Cl2N2O/c13-10-2-1-9(7-11(10)14)12(17)3-5-16-6-4-15-8-16/h1-2,4,6-8H,3,5H2. The normalized spacial score (nSPS) is 10.5. The molecule has 0 aliphatic rings. The van der Waals surface area contributed by atoms with E-state index in [9.17, 15) is 4.79 Å². The zero-order valence-electron chi connectivity index (χ0n) is 8.94. The van der Waals surface area contributed by atoms with Gasteiger partial charge in [-0.25, -0.2) is 4.98 Å². The Balaban J connectivity index is 2.02. The molecule has 0 saturated carbocycles. The third-order valence-electron chi connectivity index (χ3n) is 2.40. The largest absolute Gasteiger partial charge is 0.337 e. The van der Waals surface area contributed by atoms with Crippen molar-refractivity contribution in [2.24, 2.45) is 0 Å². The molecule has 0 bridgehead atoms. The number of ketones is 1. The highest BCUT2D eigenvalue weighted by atomic mass is 35.5. The SMILES string of the molecule is O=C(CCn1ccnc1)c1ccc(Cl)c(Cl)c1. The number of hydrogen-bond donors (Lipinski definition) is 0. The minimum Gasteiger partial charge on any atom is -0.337 e. The van der Waals surface area contributed by atoms with Crippen molar-refractivity contribution in [2.75, 3.05) is 0 Å². The van der Waals surface area contributed by atoms with Gasteiger partial charge in [0, 0.05) is 30.9 Å². The highest BCUT2D eigenvalue weighted by molar-refractivity contribution is 6.42. The predicted octanol–water partition coefficient (Wildman–Crippen LogP) is 3.46. The van der Waals surface area contributed by atoms with Crippen LogP contribution in [0.2, 0.25) is 10.0 Å². The zero-order valence-corrected chi connectivity index (χ0v) is 10.4. The molecule has 88 valence electrons. The van der Waals surface area contributed by atoms with Crippen LogP contribution in [0.3, 0.4) is 0 Å². The van der Waals surface area contributed by atoms with E-state index in [0.717, 1.165) is 0 Å². The van der Waals surface area contributed by atoms with Gasteiger partial charge in [0.1, 0.15) is 0 Å². The van der Waals surface area contributed by atoms with Gasteiger partial charge in [0.15, 0.2) is 5.78 Å². The number of rotatable bonds is 4. The molecule has 0 fully saturated rings. The van der Waals surface area contributed by atoms with Gasteiger partial charge in [0.2, 0.25) is 0 Å². The van der Waals surface area contributed by atoms with Crippen LogP contribution in [0.1, 0.15) is 16.8 Å². The summed E-state index contributed by atoms with van der Waals surface area (Å²) in [7, 11) is 0. The lowest BCUT2D eigenvalue weighted by atomic mass is 10.1. The average molecular weight is 269 g/mol. The third-order valence-corrected chi connectivity index (χ3v) is 3.14. The Labute approximate surface area is 109 Å². The molecule has 0 unspecified atom stereocenters. The van der Waals surface area contributed by atoms with Crippen molar-refractivity contribution in [1.29, 1.82) is 0 Å². The van der Waals surface area contributed by atoms with Gasteiger partial charge in [0.25, 0.3) is 0 Å². The van der Waals surface area contributed by atoms with Crippen molar-refractivity contribution >= 4 is 29.0 Å². The van der Waals surface area contributed by atoms with Crippen molar-refractivity contribution < 1.29 is 4.79 Å². The lowest BCUT2D eigenvalue weighted by molar-refractivity contribution is 0.0977. The van der Waals surface area contributed by atoms with Crippen molar-refractivity contribution in [1.82, 2.24) is 9.55 Å². The van der Waals surface area contributed by atoms with Crippen LogP contribution in [0.25, 0.3) is 0 Å². The summed E-state index contributed by atoms with van der Waals surface area (Å²) in [5, 5.41) is 0.859. The first-order chi connectivity index (χ1) is 8.16. The Morgan fingerprint density at radius 2 is 2.12 bits per heavy atom. The number of hydrogen-bond acceptors (Lipinski definition) is 2. The number of halogens is 2. The fourth-order valence-electron chi connectivity index (χ4n) is 1.46. The third kappa shape index (κ3) is 3.08. The highest BCUT2D eigenvalue weighted by Crippen LogP contribution is 2.23. The second-order valence-corrected chi connectivity index (χ2v) is 4.42. The quantitative estimate of drug-likeness (QED) is 0.796. The number of imidazole rings is 1. The summed E-state index contributed by atoms with van der Waals surface area (Å²) >= 11 is 11.6. The molecule has 0 N–H and O–H groups in total. The summed E-state index contributed by atoms with van der Waals surface area (Å²) in [5.41, 5.74) is 0.583. The Morgan fingerprint density at radius 3 is 2.76 bits per heavy atom. The molecule has 5 heteroatoms. The van der Waals surface area contributed by atoms with Gasteiger partial charge in [-0.3, -0.25) is 4.79 Å². The Bertz CT molecular complexity index is 523. The average Bonchev–Trinajstić information content (AvgIpc) is 2.82. The van der Waals surface area contributed by atoms with E-state index >= 15 is 0 Å². The van der Waals surface area contributed by atoms with Crippen LogP contribution in [0.4, 0.5) is 0 Å². The summed E-state index contributed by atoms with van der Waals surface area (Å²) in [6, 6.07) is 4.92. The minimum atomic E-state index is 0.0391. The van der Waals surface area contributed by atoms with Gasteiger partial charge in [-0.05, 0) is 18.2 Å². The molecule has 1 aromatic heterocycles.